The van der Waals surface area contributed by atoms with Crippen molar-refractivity contribution in [1.82, 2.24) is 5.06 Å². The van der Waals surface area contributed by atoms with Crippen LogP contribution in [-0.2, 0) is 25.6 Å². The number of nitrogens with zero attached hydrogens (tertiary/aromatic N) is 1. The fourth-order valence-corrected chi connectivity index (χ4v) is 1.95. The lowest BCUT2D eigenvalue weighted by atomic mass is 10.00. The highest BCUT2D eigenvalue weighted by molar-refractivity contribution is 5.94. The summed E-state index contributed by atoms with van der Waals surface area (Å²) < 4.78 is 5.14. The van der Waals surface area contributed by atoms with E-state index in [0.29, 0.717) is 26.3 Å². The molecule has 6 nitrogen and oxygen atoms in total. The molecule has 0 aliphatic carbocycles. The number of carbonyl (C=O) groups excluding carboxylic acids is 1. The average molecular weight is 279 g/mol. The normalized spacial score (nSPS) is 17.4. The highest BCUT2D eigenvalue weighted by Gasteiger charge is 2.30. The Morgan fingerprint density at radius 3 is 2.50 bits per heavy atom. The van der Waals surface area contributed by atoms with Gasteiger partial charge in [0.05, 0.1) is 26.3 Å². The number of hydroxylamine groups is 2. The van der Waals surface area contributed by atoms with E-state index in [1.807, 2.05) is 18.2 Å². The molecule has 20 heavy (non-hydrogen) atoms. The molecule has 1 saturated heterocycles. The van der Waals surface area contributed by atoms with Crippen molar-refractivity contribution in [2.75, 3.05) is 26.3 Å². The Morgan fingerprint density at radius 2 is 1.90 bits per heavy atom. The molecule has 1 aromatic rings. The number of benzene rings is 1. The van der Waals surface area contributed by atoms with Gasteiger partial charge in [-0.05, 0) is 12.0 Å². The van der Waals surface area contributed by atoms with E-state index in [1.165, 1.54) is 5.06 Å². The minimum absolute atomic E-state index is 0.124. The molecule has 6 heteroatoms. The van der Waals surface area contributed by atoms with Gasteiger partial charge in [-0.1, -0.05) is 30.3 Å². The minimum atomic E-state index is -1.19. The van der Waals surface area contributed by atoms with Crippen molar-refractivity contribution in [3.63, 3.8) is 0 Å². The second kappa shape index (κ2) is 7.02. The van der Waals surface area contributed by atoms with Gasteiger partial charge in [-0.15, -0.1) is 5.06 Å². The Labute approximate surface area is 116 Å². The highest BCUT2D eigenvalue weighted by atomic mass is 16.7. The van der Waals surface area contributed by atoms with Crippen molar-refractivity contribution in [2.24, 2.45) is 5.92 Å². The van der Waals surface area contributed by atoms with Crippen molar-refractivity contribution in [2.45, 2.75) is 6.42 Å². The number of hydrogen-bond acceptors (Lipinski definition) is 5. The van der Waals surface area contributed by atoms with Crippen LogP contribution in [0.4, 0.5) is 0 Å². The zero-order valence-corrected chi connectivity index (χ0v) is 11.0. The molecule has 0 amide bonds. The number of carbonyl (C=O) groups is 2. The van der Waals surface area contributed by atoms with E-state index >= 15 is 0 Å². The van der Waals surface area contributed by atoms with Crippen molar-refractivity contribution in [1.29, 1.82) is 0 Å². The number of rotatable bonds is 5. The smallest absolute Gasteiger partial charge is 0.339 e. The van der Waals surface area contributed by atoms with Crippen molar-refractivity contribution >= 4 is 11.9 Å². The first kappa shape index (κ1) is 14.5. The van der Waals surface area contributed by atoms with Crippen molar-refractivity contribution < 1.29 is 24.3 Å². The summed E-state index contributed by atoms with van der Waals surface area (Å²) in [6.45, 7) is 1.88. The molecule has 1 aliphatic heterocycles. The Balaban J connectivity index is 1.97. The van der Waals surface area contributed by atoms with Gasteiger partial charge in [-0.25, -0.2) is 4.79 Å². The number of carboxylic acid groups (broad SMARTS) is 1. The summed E-state index contributed by atoms with van der Waals surface area (Å²) >= 11 is 0. The summed E-state index contributed by atoms with van der Waals surface area (Å²) in [7, 11) is 0. The molecule has 0 saturated carbocycles. The van der Waals surface area contributed by atoms with Crippen LogP contribution in [0.25, 0.3) is 0 Å². The molecular formula is C14H17NO5. The summed E-state index contributed by atoms with van der Waals surface area (Å²) in [5.74, 6) is -3.10. The number of hydrogen-bond donors (Lipinski definition) is 1. The summed E-state index contributed by atoms with van der Waals surface area (Å²) in [6, 6.07) is 9.03. The molecule has 1 N–H and O–H groups in total. The summed E-state index contributed by atoms with van der Waals surface area (Å²) in [5.41, 5.74) is 0.791. The van der Waals surface area contributed by atoms with E-state index in [2.05, 4.69) is 0 Å². The van der Waals surface area contributed by atoms with Crippen LogP contribution < -0.4 is 0 Å². The van der Waals surface area contributed by atoms with Crippen LogP contribution >= 0.6 is 0 Å². The van der Waals surface area contributed by atoms with Crippen LogP contribution in [0.3, 0.4) is 0 Å². The fraction of sp³-hybridized carbons (Fsp3) is 0.429. The maximum Gasteiger partial charge on any atom is 0.339 e. The molecule has 0 bridgehead atoms. The molecule has 0 radical (unpaired) electrons. The number of morpholine rings is 1. The van der Waals surface area contributed by atoms with Crippen LogP contribution in [0, 0.1) is 5.92 Å². The van der Waals surface area contributed by atoms with Gasteiger partial charge in [0.25, 0.3) is 0 Å². The molecule has 1 fully saturated rings. The monoisotopic (exact) mass is 279 g/mol. The van der Waals surface area contributed by atoms with Crippen LogP contribution in [0.2, 0.25) is 0 Å². The van der Waals surface area contributed by atoms with Gasteiger partial charge in [-0.3, -0.25) is 4.79 Å². The minimum Gasteiger partial charge on any atom is -0.481 e. The molecule has 0 spiro atoms. The third kappa shape index (κ3) is 4.04. The summed E-state index contributed by atoms with van der Waals surface area (Å²) in [6.07, 6.45) is 0.124. The van der Waals surface area contributed by atoms with E-state index in [0.717, 1.165) is 5.56 Å². The molecule has 0 aromatic heterocycles. The van der Waals surface area contributed by atoms with E-state index in [9.17, 15) is 14.7 Å². The number of aliphatic carboxylic acids is 1. The van der Waals surface area contributed by atoms with Gasteiger partial charge >= 0.3 is 11.9 Å². The Bertz CT molecular complexity index is 456. The SMILES string of the molecule is O=C(O)[C@H](Cc1ccccc1)C(=O)ON1CCOCC1. The number of carboxylic acids is 1. The summed E-state index contributed by atoms with van der Waals surface area (Å²) in [4.78, 5) is 28.3. The summed E-state index contributed by atoms with van der Waals surface area (Å²) in [5, 5.41) is 10.6. The Hall–Kier alpha value is -1.92. The zero-order chi connectivity index (χ0) is 14.4. The largest absolute Gasteiger partial charge is 0.481 e. The zero-order valence-electron chi connectivity index (χ0n) is 11.0. The van der Waals surface area contributed by atoms with E-state index in [-0.39, 0.29) is 6.42 Å². The second-order valence-electron chi connectivity index (χ2n) is 4.53. The molecular weight excluding hydrogens is 262 g/mol. The Kier molecular flexibility index (Phi) is 5.09. The maximum atomic E-state index is 12.0. The first-order valence-electron chi connectivity index (χ1n) is 6.48. The molecule has 1 aliphatic rings. The van der Waals surface area contributed by atoms with Gasteiger partial charge in [-0.2, -0.15) is 0 Å². The molecule has 1 aromatic carbocycles. The van der Waals surface area contributed by atoms with Crippen LogP contribution in [0.5, 0.6) is 0 Å². The molecule has 1 heterocycles. The second-order valence-corrected chi connectivity index (χ2v) is 4.53. The van der Waals surface area contributed by atoms with Crippen molar-refractivity contribution in [3.05, 3.63) is 35.9 Å². The van der Waals surface area contributed by atoms with Crippen molar-refractivity contribution in [3.8, 4) is 0 Å². The van der Waals surface area contributed by atoms with Gasteiger partial charge in [0.1, 0.15) is 0 Å². The molecule has 0 unspecified atom stereocenters. The van der Waals surface area contributed by atoms with E-state index in [1.54, 1.807) is 12.1 Å². The molecule has 2 rings (SSSR count). The predicted molar refractivity (Wildman–Crippen MR) is 69.8 cm³/mol. The standard InChI is InChI=1S/C14H17NO5/c16-13(17)12(10-11-4-2-1-3-5-11)14(18)20-15-6-8-19-9-7-15/h1-5,12H,6-10H2,(H,16,17)/t12-/m0/s1. The van der Waals surface area contributed by atoms with Gasteiger partial charge in [0.2, 0.25) is 0 Å². The van der Waals surface area contributed by atoms with Crippen LogP contribution in [0.15, 0.2) is 30.3 Å². The van der Waals surface area contributed by atoms with E-state index in [4.69, 9.17) is 9.57 Å². The average Bonchev–Trinajstić information content (AvgIpc) is 2.46. The lowest BCUT2D eigenvalue weighted by Gasteiger charge is -2.26. The first-order chi connectivity index (χ1) is 9.66. The van der Waals surface area contributed by atoms with Gasteiger partial charge in [0, 0.05) is 0 Å². The lowest BCUT2D eigenvalue weighted by Crippen LogP contribution is -2.41. The van der Waals surface area contributed by atoms with Crippen LogP contribution in [0.1, 0.15) is 5.56 Å². The van der Waals surface area contributed by atoms with Gasteiger partial charge in [0.15, 0.2) is 5.92 Å². The predicted octanol–water partition coefficient (Wildman–Crippen LogP) is 0.720. The quantitative estimate of drug-likeness (QED) is 0.800. The number of ether oxygens (including phenoxy) is 1. The lowest BCUT2D eigenvalue weighted by molar-refractivity contribution is -0.211. The third-order valence-corrected chi connectivity index (χ3v) is 3.05. The highest BCUT2D eigenvalue weighted by Crippen LogP contribution is 2.12. The molecule has 108 valence electrons. The third-order valence-electron chi connectivity index (χ3n) is 3.05. The van der Waals surface area contributed by atoms with Gasteiger partial charge < -0.3 is 14.7 Å². The molecule has 1 atom stereocenters. The topological polar surface area (TPSA) is 76.1 Å². The van der Waals surface area contributed by atoms with E-state index < -0.39 is 17.9 Å². The van der Waals surface area contributed by atoms with Crippen LogP contribution in [-0.4, -0.2) is 48.4 Å². The Morgan fingerprint density at radius 1 is 1.25 bits per heavy atom. The first-order valence-corrected chi connectivity index (χ1v) is 6.48. The fourth-order valence-electron chi connectivity index (χ4n) is 1.95. The maximum absolute atomic E-state index is 12.0.